The molecule has 0 spiro atoms. The SMILES string of the molecule is CNC(=O)[C@H](C)N(Cc1cccc(Br)c1)C(=O)CN(c1cccc(F)c1)S(C)(=O)=O. The topological polar surface area (TPSA) is 86.8 Å². The van der Waals surface area contributed by atoms with Crippen LogP contribution in [0.25, 0.3) is 0 Å². The van der Waals surface area contributed by atoms with Crippen molar-refractivity contribution in [3.63, 3.8) is 0 Å². The van der Waals surface area contributed by atoms with Crippen LogP contribution >= 0.6 is 15.9 Å². The first-order valence-corrected chi connectivity index (χ1v) is 11.7. The van der Waals surface area contributed by atoms with Gasteiger partial charge in [-0.1, -0.05) is 34.1 Å². The third kappa shape index (κ3) is 6.27. The third-order valence-corrected chi connectivity index (χ3v) is 6.06. The van der Waals surface area contributed by atoms with Crippen LogP contribution in [0.3, 0.4) is 0 Å². The molecule has 1 N–H and O–H groups in total. The average Bonchev–Trinajstić information content (AvgIpc) is 2.68. The number of carbonyl (C=O) groups is 2. The molecule has 10 heteroatoms. The zero-order valence-corrected chi connectivity index (χ0v) is 19.2. The summed E-state index contributed by atoms with van der Waals surface area (Å²) in [5, 5.41) is 2.50. The summed E-state index contributed by atoms with van der Waals surface area (Å²) in [5.41, 5.74) is 0.783. The average molecular weight is 500 g/mol. The number of amides is 2. The Kier molecular flexibility index (Phi) is 7.96. The van der Waals surface area contributed by atoms with E-state index in [0.717, 1.165) is 26.7 Å². The van der Waals surface area contributed by atoms with Crippen LogP contribution in [0.15, 0.2) is 53.0 Å². The van der Waals surface area contributed by atoms with Crippen molar-refractivity contribution in [2.24, 2.45) is 0 Å². The van der Waals surface area contributed by atoms with Crippen LogP contribution in [0.1, 0.15) is 12.5 Å². The number of halogens is 2. The Morgan fingerprint density at radius 1 is 1.17 bits per heavy atom. The Hall–Kier alpha value is -2.46. The monoisotopic (exact) mass is 499 g/mol. The molecule has 7 nitrogen and oxygen atoms in total. The molecule has 0 saturated heterocycles. The molecule has 0 aromatic heterocycles. The lowest BCUT2D eigenvalue weighted by atomic mass is 10.1. The lowest BCUT2D eigenvalue weighted by molar-refractivity contribution is -0.139. The van der Waals surface area contributed by atoms with Crippen LogP contribution in [0.4, 0.5) is 10.1 Å². The van der Waals surface area contributed by atoms with Crippen molar-refractivity contribution in [3.05, 3.63) is 64.4 Å². The summed E-state index contributed by atoms with van der Waals surface area (Å²) < 4.78 is 39.9. The van der Waals surface area contributed by atoms with Gasteiger partial charge in [-0.15, -0.1) is 0 Å². The van der Waals surface area contributed by atoms with Crippen molar-refractivity contribution >= 4 is 43.5 Å². The predicted molar refractivity (Wildman–Crippen MR) is 117 cm³/mol. The summed E-state index contributed by atoms with van der Waals surface area (Å²) in [6.07, 6.45) is 0.937. The summed E-state index contributed by atoms with van der Waals surface area (Å²) in [7, 11) is -2.43. The van der Waals surface area contributed by atoms with Gasteiger partial charge in [-0.2, -0.15) is 0 Å². The van der Waals surface area contributed by atoms with Crippen LogP contribution < -0.4 is 9.62 Å². The molecule has 0 aliphatic carbocycles. The molecule has 0 aliphatic rings. The van der Waals surface area contributed by atoms with Gasteiger partial charge in [0.1, 0.15) is 18.4 Å². The zero-order chi connectivity index (χ0) is 22.5. The lowest BCUT2D eigenvalue weighted by Crippen LogP contribution is -2.50. The second-order valence-electron chi connectivity index (χ2n) is 6.69. The van der Waals surface area contributed by atoms with Gasteiger partial charge >= 0.3 is 0 Å². The van der Waals surface area contributed by atoms with Crippen LogP contribution in [-0.2, 0) is 26.2 Å². The first-order valence-electron chi connectivity index (χ1n) is 9.01. The minimum atomic E-state index is -3.88. The van der Waals surface area contributed by atoms with E-state index in [4.69, 9.17) is 0 Å². The normalized spacial score (nSPS) is 12.2. The van der Waals surface area contributed by atoms with E-state index in [1.54, 1.807) is 25.1 Å². The fourth-order valence-electron chi connectivity index (χ4n) is 2.87. The molecule has 0 saturated carbocycles. The van der Waals surface area contributed by atoms with Crippen LogP contribution in [-0.4, -0.2) is 51.0 Å². The molecule has 30 heavy (non-hydrogen) atoms. The highest BCUT2D eigenvalue weighted by molar-refractivity contribution is 9.10. The van der Waals surface area contributed by atoms with Crippen molar-refractivity contribution in [1.29, 1.82) is 0 Å². The number of anilines is 1. The van der Waals surface area contributed by atoms with Gasteiger partial charge in [0.15, 0.2) is 0 Å². The number of likely N-dealkylation sites (N-methyl/N-ethyl adjacent to an activating group) is 1. The Morgan fingerprint density at radius 2 is 1.83 bits per heavy atom. The second-order valence-corrected chi connectivity index (χ2v) is 9.51. The highest BCUT2D eigenvalue weighted by Gasteiger charge is 2.29. The summed E-state index contributed by atoms with van der Waals surface area (Å²) in [6.45, 7) is 1.08. The summed E-state index contributed by atoms with van der Waals surface area (Å²) in [6, 6.07) is 11.3. The maximum atomic E-state index is 13.6. The number of nitrogens with one attached hydrogen (secondary N) is 1. The first-order chi connectivity index (χ1) is 14.0. The van der Waals surface area contributed by atoms with Gasteiger partial charge in [-0.25, -0.2) is 12.8 Å². The standard InChI is InChI=1S/C20H23BrFN3O4S/c1-14(20(27)23-2)24(12-15-6-4-7-16(21)10-15)19(26)13-25(30(3,28)29)18-9-5-8-17(22)11-18/h4-11,14H,12-13H2,1-3H3,(H,23,27)/t14-/m0/s1. The lowest BCUT2D eigenvalue weighted by Gasteiger charge is -2.31. The van der Waals surface area contributed by atoms with E-state index in [1.165, 1.54) is 30.1 Å². The zero-order valence-electron chi connectivity index (χ0n) is 16.8. The largest absolute Gasteiger partial charge is 0.357 e. The molecule has 2 rings (SSSR count). The molecule has 0 bridgehead atoms. The van der Waals surface area contributed by atoms with Gasteiger partial charge < -0.3 is 10.2 Å². The van der Waals surface area contributed by atoms with Gasteiger partial charge in [0.05, 0.1) is 11.9 Å². The van der Waals surface area contributed by atoms with Crippen molar-refractivity contribution in [2.75, 3.05) is 24.2 Å². The van der Waals surface area contributed by atoms with Gasteiger partial charge in [0, 0.05) is 18.1 Å². The van der Waals surface area contributed by atoms with E-state index in [2.05, 4.69) is 21.2 Å². The number of benzene rings is 2. The second kappa shape index (κ2) is 10.0. The van der Waals surface area contributed by atoms with Crippen LogP contribution in [0.5, 0.6) is 0 Å². The molecule has 2 aromatic rings. The molecular weight excluding hydrogens is 477 g/mol. The number of nitrogens with zero attached hydrogens (tertiary/aromatic N) is 2. The van der Waals surface area contributed by atoms with Gasteiger partial charge in [0.2, 0.25) is 21.8 Å². The molecule has 0 radical (unpaired) electrons. The number of hydrogen-bond donors (Lipinski definition) is 1. The van der Waals surface area contributed by atoms with E-state index in [1.807, 2.05) is 6.07 Å². The van der Waals surface area contributed by atoms with Crippen LogP contribution in [0, 0.1) is 5.82 Å². The quantitative estimate of drug-likeness (QED) is 0.604. The molecular formula is C20H23BrFN3O4S. The van der Waals surface area contributed by atoms with E-state index < -0.39 is 40.2 Å². The van der Waals surface area contributed by atoms with Crippen molar-refractivity contribution in [3.8, 4) is 0 Å². The predicted octanol–water partition coefficient (Wildman–Crippen LogP) is 2.52. The molecule has 2 amide bonds. The van der Waals surface area contributed by atoms with Gasteiger partial charge in [-0.3, -0.25) is 13.9 Å². The minimum Gasteiger partial charge on any atom is -0.357 e. The molecule has 0 aliphatic heterocycles. The Morgan fingerprint density at radius 3 is 2.40 bits per heavy atom. The van der Waals surface area contributed by atoms with Gasteiger partial charge in [-0.05, 0) is 42.8 Å². The third-order valence-electron chi connectivity index (χ3n) is 4.43. The van der Waals surface area contributed by atoms with Crippen molar-refractivity contribution in [1.82, 2.24) is 10.2 Å². The Labute approximate surface area is 184 Å². The highest BCUT2D eigenvalue weighted by atomic mass is 79.9. The summed E-state index contributed by atoms with van der Waals surface area (Å²) in [4.78, 5) is 26.7. The van der Waals surface area contributed by atoms with Gasteiger partial charge in [0.25, 0.3) is 0 Å². The molecule has 162 valence electrons. The highest BCUT2D eigenvalue weighted by Crippen LogP contribution is 2.20. The fourth-order valence-corrected chi connectivity index (χ4v) is 4.16. The Balaban J connectivity index is 2.38. The summed E-state index contributed by atoms with van der Waals surface area (Å²) in [5.74, 6) is -1.62. The van der Waals surface area contributed by atoms with Crippen molar-refractivity contribution in [2.45, 2.75) is 19.5 Å². The van der Waals surface area contributed by atoms with Crippen molar-refractivity contribution < 1.29 is 22.4 Å². The maximum Gasteiger partial charge on any atom is 0.244 e. The first kappa shape index (κ1) is 23.8. The van der Waals surface area contributed by atoms with E-state index in [-0.39, 0.29) is 12.2 Å². The fraction of sp³-hybridized carbons (Fsp3) is 0.300. The minimum absolute atomic E-state index is 0.0286. The molecule has 2 aromatic carbocycles. The number of rotatable bonds is 8. The smallest absolute Gasteiger partial charge is 0.244 e. The van der Waals surface area contributed by atoms with E-state index >= 15 is 0 Å². The number of hydrogen-bond acceptors (Lipinski definition) is 4. The molecule has 0 unspecified atom stereocenters. The molecule has 1 atom stereocenters. The maximum absolute atomic E-state index is 13.6. The Bertz CT molecular complexity index is 1030. The summed E-state index contributed by atoms with van der Waals surface area (Å²) >= 11 is 3.37. The van der Waals surface area contributed by atoms with E-state index in [9.17, 15) is 22.4 Å². The van der Waals surface area contributed by atoms with E-state index in [0.29, 0.717) is 0 Å². The van der Waals surface area contributed by atoms with Crippen LogP contribution in [0.2, 0.25) is 0 Å². The molecule has 0 fully saturated rings. The number of carbonyl (C=O) groups excluding carboxylic acids is 2. The number of sulfonamides is 1. The molecule has 0 heterocycles.